The van der Waals surface area contributed by atoms with E-state index in [1.54, 1.807) is 14.2 Å². The zero-order chi connectivity index (χ0) is 19.2. The molecule has 0 spiro atoms. The number of ether oxygens (including phenoxy) is 3. The monoisotopic (exact) mass is 387 g/mol. The fraction of sp³-hybridized carbons (Fsp3) is 0.300. The molecule has 2 aromatic rings. The molecule has 6 nitrogen and oxygen atoms in total. The van der Waals surface area contributed by atoms with Crippen LogP contribution in [0.25, 0.3) is 0 Å². The molecule has 2 amide bonds. The molecule has 1 fully saturated rings. The van der Waals surface area contributed by atoms with Gasteiger partial charge in [-0.2, -0.15) is 0 Å². The van der Waals surface area contributed by atoms with Crippen LogP contribution in [-0.2, 0) is 16.0 Å². The van der Waals surface area contributed by atoms with Crippen molar-refractivity contribution >= 4 is 22.9 Å². The number of methoxy groups -OCH3 is 2. The summed E-state index contributed by atoms with van der Waals surface area (Å²) >= 11 is 1.03. The molecular weight excluding hydrogens is 366 g/mol. The normalized spacial score (nSPS) is 17.5. The van der Waals surface area contributed by atoms with Gasteiger partial charge >= 0.3 is 0 Å². The molecule has 27 heavy (non-hydrogen) atoms. The molecule has 1 heterocycles. The molecule has 1 aliphatic heterocycles. The van der Waals surface area contributed by atoms with Gasteiger partial charge in [0.25, 0.3) is 5.24 Å². The van der Waals surface area contributed by atoms with E-state index in [2.05, 4.69) is 5.32 Å². The van der Waals surface area contributed by atoms with Crippen molar-refractivity contribution in [3.63, 3.8) is 0 Å². The number of carbonyl (C=O) groups excluding carboxylic acids is 2. The van der Waals surface area contributed by atoms with Crippen LogP contribution in [0.3, 0.4) is 0 Å². The molecular formula is C20H21NO5S. The third-order valence-electron chi connectivity index (χ3n) is 4.28. The van der Waals surface area contributed by atoms with Crippen molar-refractivity contribution in [1.29, 1.82) is 0 Å². The molecule has 0 radical (unpaired) electrons. The van der Waals surface area contributed by atoms with Crippen LogP contribution in [0.2, 0.25) is 0 Å². The van der Waals surface area contributed by atoms with E-state index in [-0.39, 0.29) is 22.5 Å². The maximum atomic E-state index is 11.6. The average Bonchev–Trinajstić information content (AvgIpc) is 3.01. The number of rotatable bonds is 8. The van der Waals surface area contributed by atoms with Crippen molar-refractivity contribution in [1.82, 2.24) is 5.32 Å². The van der Waals surface area contributed by atoms with Gasteiger partial charge in [0, 0.05) is 7.11 Å². The van der Waals surface area contributed by atoms with E-state index in [4.69, 9.17) is 14.2 Å². The maximum absolute atomic E-state index is 11.6. The van der Waals surface area contributed by atoms with E-state index in [1.807, 2.05) is 48.5 Å². The largest absolute Gasteiger partial charge is 0.497 e. The summed E-state index contributed by atoms with van der Waals surface area (Å²) in [6.45, 7) is 0.373. The van der Waals surface area contributed by atoms with E-state index in [1.165, 1.54) is 0 Å². The second-order valence-electron chi connectivity index (χ2n) is 6.04. The lowest BCUT2D eigenvalue weighted by molar-refractivity contribution is -0.118. The molecule has 3 rings (SSSR count). The van der Waals surface area contributed by atoms with Crippen molar-refractivity contribution in [2.75, 3.05) is 20.8 Å². The predicted molar refractivity (Wildman–Crippen MR) is 103 cm³/mol. The van der Waals surface area contributed by atoms with Crippen molar-refractivity contribution < 1.29 is 23.8 Å². The van der Waals surface area contributed by atoms with Gasteiger partial charge in [-0.05, 0) is 41.8 Å². The third kappa shape index (κ3) is 5.02. The lowest BCUT2D eigenvalue weighted by Gasteiger charge is -2.17. The molecule has 1 saturated heterocycles. The number of nitrogens with one attached hydrogen (secondary N) is 1. The van der Waals surface area contributed by atoms with E-state index in [0.29, 0.717) is 18.8 Å². The Morgan fingerprint density at radius 2 is 1.67 bits per heavy atom. The summed E-state index contributed by atoms with van der Waals surface area (Å²) in [4.78, 5) is 22.9. The van der Waals surface area contributed by atoms with Gasteiger partial charge in [0.1, 0.15) is 24.2 Å². The van der Waals surface area contributed by atoms with Crippen LogP contribution in [0.4, 0.5) is 4.79 Å². The van der Waals surface area contributed by atoms with Crippen LogP contribution in [-0.4, -0.2) is 37.2 Å². The van der Waals surface area contributed by atoms with E-state index in [9.17, 15) is 9.59 Å². The first-order valence-electron chi connectivity index (χ1n) is 8.49. The minimum atomic E-state index is -0.364. The topological polar surface area (TPSA) is 73.9 Å². The Labute approximate surface area is 162 Å². The van der Waals surface area contributed by atoms with Crippen LogP contribution < -0.4 is 14.8 Å². The fourth-order valence-electron chi connectivity index (χ4n) is 2.75. The first-order valence-corrected chi connectivity index (χ1v) is 9.37. The zero-order valence-electron chi connectivity index (χ0n) is 15.1. The standard InChI is InChI=1S/C20H21NO5S/c1-24-15-9-5-14(6-10-15)17(25-2)12-26-16-7-3-13(4-8-16)11-18-19(22)21-20(23)27-18/h3-10,17-18H,11-12H2,1-2H3,(H,21,22,23)/t17-,18?/m1/s1. The predicted octanol–water partition coefficient (Wildman–Crippen LogP) is 3.36. The van der Waals surface area contributed by atoms with E-state index in [0.717, 1.165) is 28.6 Å². The molecule has 1 unspecified atom stereocenters. The van der Waals surface area contributed by atoms with Crippen molar-refractivity contribution in [2.24, 2.45) is 0 Å². The fourth-order valence-corrected chi connectivity index (χ4v) is 3.61. The third-order valence-corrected chi connectivity index (χ3v) is 5.27. The van der Waals surface area contributed by atoms with Crippen LogP contribution in [0.15, 0.2) is 48.5 Å². The zero-order valence-corrected chi connectivity index (χ0v) is 16.0. The smallest absolute Gasteiger partial charge is 0.286 e. The summed E-state index contributed by atoms with van der Waals surface area (Å²) in [6, 6.07) is 15.2. The minimum absolute atomic E-state index is 0.194. The average molecular weight is 387 g/mol. The Morgan fingerprint density at radius 1 is 1.00 bits per heavy atom. The van der Waals surface area contributed by atoms with Gasteiger partial charge in [0.2, 0.25) is 5.91 Å². The number of imide groups is 1. The van der Waals surface area contributed by atoms with Crippen LogP contribution >= 0.6 is 11.8 Å². The highest BCUT2D eigenvalue weighted by Gasteiger charge is 2.31. The van der Waals surface area contributed by atoms with E-state index >= 15 is 0 Å². The second-order valence-corrected chi connectivity index (χ2v) is 7.22. The van der Waals surface area contributed by atoms with E-state index < -0.39 is 0 Å². The Bertz CT molecular complexity index is 791. The molecule has 0 saturated carbocycles. The molecule has 1 N–H and O–H groups in total. The molecule has 0 bridgehead atoms. The molecule has 2 atom stereocenters. The summed E-state index contributed by atoms with van der Waals surface area (Å²) in [5, 5.41) is 1.65. The highest BCUT2D eigenvalue weighted by Crippen LogP contribution is 2.25. The van der Waals surface area contributed by atoms with Gasteiger partial charge in [-0.1, -0.05) is 36.0 Å². The molecule has 2 aromatic carbocycles. The highest BCUT2D eigenvalue weighted by atomic mass is 32.2. The van der Waals surface area contributed by atoms with Crippen LogP contribution in [0.5, 0.6) is 11.5 Å². The van der Waals surface area contributed by atoms with Crippen molar-refractivity contribution in [3.8, 4) is 11.5 Å². The Balaban J connectivity index is 1.55. The van der Waals surface area contributed by atoms with Crippen LogP contribution in [0, 0.1) is 0 Å². The van der Waals surface area contributed by atoms with Gasteiger partial charge in [-0.25, -0.2) is 0 Å². The number of hydrogen-bond donors (Lipinski definition) is 1. The number of amides is 2. The van der Waals surface area contributed by atoms with Gasteiger partial charge in [0.15, 0.2) is 0 Å². The summed E-state index contributed by atoms with van der Waals surface area (Å²) < 4.78 is 16.5. The minimum Gasteiger partial charge on any atom is -0.497 e. The molecule has 142 valence electrons. The Morgan fingerprint density at radius 3 is 2.22 bits per heavy atom. The maximum Gasteiger partial charge on any atom is 0.286 e. The highest BCUT2D eigenvalue weighted by molar-refractivity contribution is 8.15. The molecule has 0 aliphatic carbocycles. The quantitative estimate of drug-likeness (QED) is 0.749. The number of carbonyl (C=O) groups is 2. The number of hydrogen-bond acceptors (Lipinski definition) is 6. The molecule has 1 aliphatic rings. The first-order chi connectivity index (χ1) is 13.1. The number of thioether (sulfide) groups is 1. The van der Waals surface area contributed by atoms with Crippen molar-refractivity contribution in [3.05, 3.63) is 59.7 Å². The summed E-state index contributed by atoms with van der Waals surface area (Å²) in [7, 11) is 3.28. The lowest BCUT2D eigenvalue weighted by Crippen LogP contribution is -2.25. The Hall–Kier alpha value is -2.51. The second kappa shape index (κ2) is 8.92. The SMILES string of the molecule is COc1ccc([C@@H](COc2ccc(CC3SC(=O)NC3=O)cc2)OC)cc1. The molecule has 0 aromatic heterocycles. The Kier molecular flexibility index (Phi) is 6.36. The van der Waals surface area contributed by atoms with Gasteiger partial charge < -0.3 is 14.2 Å². The summed E-state index contributed by atoms with van der Waals surface area (Å²) in [5.74, 6) is 1.28. The number of benzene rings is 2. The summed E-state index contributed by atoms with van der Waals surface area (Å²) in [6.07, 6.45) is 0.315. The van der Waals surface area contributed by atoms with Gasteiger partial charge in [0.05, 0.1) is 12.4 Å². The van der Waals surface area contributed by atoms with Gasteiger partial charge in [-0.15, -0.1) is 0 Å². The van der Waals surface area contributed by atoms with Gasteiger partial charge in [-0.3, -0.25) is 14.9 Å². The first kappa shape index (κ1) is 19.3. The summed E-state index contributed by atoms with van der Waals surface area (Å²) in [5.41, 5.74) is 1.98. The lowest BCUT2D eigenvalue weighted by atomic mass is 10.1. The van der Waals surface area contributed by atoms with Crippen molar-refractivity contribution in [2.45, 2.75) is 17.8 Å². The molecule has 7 heteroatoms. The van der Waals surface area contributed by atoms with Crippen LogP contribution in [0.1, 0.15) is 17.2 Å².